The molecule has 0 bridgehead atoms. The van der Waals surface area contributed by atoms with E-state index < -0.39 is 0 Å². The Morgan fingerprint density at radius 2 is 2.08 bits per heavy atom. The second-order valence-electron chi connectivity index (χ2n) is 6.68. The van der Waals surface area contributed by atoms with Crippen LogP contribution in [-0.2, 0) is 11.3 Å². The minimum Gasteiger partial charge on any atom is -0.392 e. The first kappa shape index (κ1) is 19.1. The third-order valence-corrected chi connectivity index (χ3v) is 4.91. The van der Waals surface area contributed by atoms with E-state index in [0.29, 0.717) is 19.0 Å². The van der Waals surface area contributed by atoms with Crippen molar-refractivity contribution in [1.29, 1.82) is 0 Å². The SMILES string of the molecule is C[C@@H](O)CN1CCC(CN(C)C(=O)Cn2cc(Br)ccc2=O)CC1. The van der Waals surface area contributed by atoms with Gasteiger partial charge >= 0.3 is 0 Å². The number of pyridine rings is 1. The van der Waals surface area contributed by atoms with Crippen molar-refractivity contribution in [3.05, 3.63) is 33.2 Å². The molecule has 2 heterocycles. The lowest BCUT2D eigenvalue weighted by atomic mass is 9.96. The quantitative estimate of drug-likeness (QED) is 0.779. The molecular formula is C17H26BrN3O3. The number of aliphatic hydroxyl groups is 1. The molecule has 1 amide bonds. The van der Waals surface area contributed by atoms with Crippen LogP contribution < -0.4 is 5.56 Å². The summed E-state index contributed by atoms with van der Waals surface area (Å²) in [5, 5.41) is 9.45. The fourth-order valence-electron chi connectivity index (χ4n) is 3.11. The molecule has 1 aliphatic heterocycles. The van der Waals surface area contributed by atoms with Gasteiger partial charge in [0.1, 0.15) is 6.54 Å². The summed E-state index contributed by atoms with van der Waals surface area (Å²) >= 11 is 3.32. The molecule has 2 rings (SSSR count). The zero-order valence-corrected chi connectivity index (χ0v) is 15.9. The highest BCUT2D eigenvalue weighted by molar-refractivity contribution is 9.10. The van der Waals surface area contributed by atoms with Gasteiger partial charge in [-0.1, -0.05) is 0 Å². The van der Waals surface area contributed by atoms with Crippen molar-refractivity contribution in [2.45, 2.75) is 32.4 Å². The summed E-state index contributed by atoms with van der Waals surface area (Å²) < 4.78 is 2.21. The Hall–Kier alpha value is -1.18. The molecule has 1 aliphatic rings. The normalized spacial score (nSPS) is 17.7. The summed E-state index contributed by atoms with van der Waals surface area (Å²) in [4.78, 5) is 28.1. The third kappa shape index (κ3) is 5.72. The zero-order valence-electron chi connectivity index (χ0n) is 14.3. The summed E-state index contributed by atoms with van der Waals surface area (Å²) in [5.41, 5.74) is -0.175. The van der Waals surface area contributed by atoms with Gasteiger partial charge in [-0.05, 0) is 60.8 Å². The summed E-state index contributed by atoms with van der Waals surface area (Å²) in [6.45, 7) is 5.22. The van der Waals surface area contributed by atoms with Gasteiger partial charge in [-0.15, -0.1) is 0 Å². The highest BCUT2D eigenvalue weighted by Gasteiger charge is 2.22. The van der Waals surface area contributed by atoms with E-state index in [1.807, 2.05) is 6.92 Å². The molecule has 24 heavy (non-hydrogen) atoms. The van der Waals surface area contributed by atoms with Gasteiger partial charge in [0.15, 0.2) is 0 Å². The van der Waals surface area contributed by atoms with Crippen molar-refractivity contribution >= 4 is 21.8 Å². The first-order valence-electron chi connectivity index (χ1n) is 8.35. The molecule has 0 spiro atoms. The van der Waals surface area contributed by atoms with Crippen LogP contribution in [0.15, 0.2) is 27.6 Å². The number of likely N-dealkylation sites (tertiary alicyclic amines) is 1. The summed E-state index contributed by atoms with van der Waals surface area (Å²) in [6.07, 6.45) is 3.40. The van der Waals surface area contributed by atoms with E-state index in [0.717, 1.165) is 30.4 Å². The van der Waals surface area contributed by atoms with Crippen molar-refractivity contribution < 1.29 is 9.90 Å². The number of rotatable bonds is 6. The Bertz CT molecular complexity index is 609. The fraction of sp³-hybridized carbons (Fsp3) is 0.647. The standard InChI is InChI=1S/C17H26BrN3O3/c1-13(22)9-20-7-5-14(6-8-20)10-19(2)17(24)12-21-11-15(18)3-4-16(21)23/h3-4,11,13-14,22H,5-10,12H2,1-2H3/t13-/m1/s1. The van der Waals surface area contributed by atoms with E-state index >= 15 is 0 Å². The van der Waals surface area contributed by atoms with Crippen LogP contribution in [0.3, 0.4) is 0 Å². The third-order valence-electron chi connectivity index (χ3n) is 4.44. The molecule has 0 unspecified atom stereocenters. The van der Waals surface area contributed by atoms with Crippen molar-refractivity contribution in [1.82, 2.24) is 14.4 Å². The lowest BCUT2D eigenvalue weighted by Crippen LogP contribution is -2.42. The maximum absolute atomic E-state index is 12.4. The number of β-amino-alcohol motifs (C(OH)–C–C–N with tert-alkyl or cyclic N) is 1. The molecule has 0 aliphatic carbocycles. The average Bonchev–Trinajstić information content (AvgIpc) is 2.52. The molecule has 1 atom stereocenters. The number of carbonyl (C=O) groups is 1. The van der Waals surface area contributed by atoms with Crippen LogP contribution in [0.4, 0.5) is 0 Å². The monoisotopic (exact) mass is 399 g/mol. The highest BCUT2D eigenvalue weighted by Crippen LogP contribution is 2.18. The van der Waals surface area contributed by atoms with Crippen LogP contribution in [0.2, 0.25) is 0 Å². The van der Waals surface area contributed by atoms with E-state index in [1.165, 1.54) is 10.6 Å². The Balaban J connectivity index is 1.82. The molecular weight excluding hydrogens is 374 g/mol. The lowest BCUT2D eigenvalue weighted by molar-refractivity contribution is -0.131. The van der Waals surface area contributed by atoms with E-state index in [2.05, 4.69) is 20.8 Å². The van der Waals surface area contributed by atoms with Crippen molar-refractivity contribution in [3.8, 4) is 0 Å². The molecule has 7 heteroatoms. The number of aliphatic hydroxyl groups excluding tert-OH is 1. The van der Waals surface area contributed by atoms with E-state index in [-0.39, 0.29) is 24.1 Å². The molecule has 0 radical (unpaired) electrons. The summed E-state index contributed by atoms with van der Waals surface area (Å²) in [6, 6.07) is 3.13. The Morgan fingerprint density at radius 3 is 2.71 bits per heavy atom. The average molecular weight is 400 g/mol. The van der Waals surface area contributed by atoms with Crippen molar-refractivity contribution in [3.63, 3.8) is 0 Å². The van der Waals surface area contributed by atoms with Crippen LogP contribution >= 0.6 is 15.9 Å². The van der Waals surface area contributed by atoms with Gasteiger partial charge in [-0.3, -0.25) is 9.59 Å². The number of piperidine rings is 1. The van der Waals surface area contributed by atoms with Gasteiger partial charge in [-0.25, -0.2) is 0 Å². The van der Waals surface area contributed by atoms with Crippen molar-refractivity contribution in [2.24, 2.45) is 5.92 Å². The molecule has 134 valence electrons. The van der Waals surface area contributed by atoms with E-state index in [1.54, 1.807) is 24.2 Å². The summed E-state index contributed by atoms with van der Waals surface area (Å²) in [5.74, 6) is 0.421. The topological polar surface area (TPSA) is 65.8 Å². The number of aromatic nitrogens is 1. The number of hydrogen-bond acceptors (Lipinski definition) is 4. The van der Waals surface area contributed by atoms with E-state index in [4.69, 9.17) is 0 Å². The van der Waals surface area contributed by atoms with Gasteiger partial charge in [0.25, 0.3) is 5.56 Å². The molecule has 1 aromatic heterocycles. The molecule has 6 nitrogen and oxygen atoms in total. The maximum atomic E-state index is 12.4. The number of carbonyl (C=O) groups excluding carboxylic acids is 1. The number of hydrogen-bond donors (Lipinski definition) is 1. The first-order chi connectivity index (χ1) is 11.3. The smallest absolute Gasteiger partial charge is 0.251 e. The number of halogens is 1. The molecule has 0 aromatic carbocycles. The number of likely N-dealkylation sites (N-methyl/N-ethyl adjacent to an activating group) is 1. The molecule has 1 aromatic rings. The number of amides is 1. The maximum Gasteiger partial charge on any atom is 0.251 e. The lowest BCUT2D eigenvalue weighted by Gasteiger charge is -2.34. The minimum atomic E-state index is -0.297. The first-order valence-corrected chi connectivity index (χ1v) is 9.15. The van der Waals surface area contributed by atoms with Crippen molar-refractivity contribution in [2.75, 3.05) is 33.2 Å². The van der Waals surface area contributed by atoms with Crippen LogP contribution in [0.25, 0.3) is 0 Å². The second kappa shape index (κ2) is 8.78. The Morgan fingerprint density at radius 1 is 1.42 bits per heavy atom. The summed E-state index contributed by atoms with van der Waals surface area (Å²) in [7, 11) is 1.80. The second-order valence-corrected chi connectivity index (χ2v) is 7.60. The number of nitrogens with zero attached hydrogens (tertiary/aromatic N) is 3. The molecule has 1 saturated heterocycles. The van der Waals surface area contributed by atoms with Gasteiger partial charge in [0, 0.05) is 36.9 Å². The van der Waals surface area contributed by atoms with Gasteiger partial charge in [-0.2, -0.15) is 0 Å². The zero-order chi connectivity index (χ0) is 17.7. The van der Waals surface area contributed by atoms with Gasteiger partial charge in [0.05, 0.1) is 6.10 Å². The van der Waals surface area contributed by atoms with Crippen LogP contribution in [0, 0.1) is 5.92 Å². The fourth-order valence-corrected chi connectivity index (χ4v) is 3.49. The highest BCUT2D eigenvalue weighted by atomic mass is 79.9. The Labute approximate surface area is 151 Å². The van der Waals surface area contributed by atoms with E-state index in [9.17, 15) is 14.7 Å². The molecule has 1 fully saturated rings. The molecule has 1 N–H and O–H groups in total. The predicted octanol–water partition coefficient (Wildman–Crippen LogP) is 1.16. The largest absolute Gasteiger partial charge is 0.392 e. The molecule has 0 saturated carbocycles. The van der Waals surface area contributed by atoms with Crippen LogP contribution in [0.1, 0.15) is 19.8 Å². The predicted molar refractivity (Wildman–Crippen MR) is 96.9 cm³/mol. The van der Waals surface area contributed by atoms with Crippen LogP contribution in [0.5, 0.6) is 0 Å². The van der Waals surface area contributed by atoms with Crippen LogP contribution in [-0.4, -0.2) is 64.7 Å². The van der Waals surface area contributed by atoms with Gasteiger partial charge in [0.2, 0.25) is 5.91 Å². The minimum absolute atomic E-state index is 0.0541. The van der Waals surface area contributed by atoms with Gasteiger partial charge < -0.3 is 19.5 Å². The Kier molecular flexibility index (Phi) is 7.01.